The van der Waals surface area contributed by atoms with Gasteiger partial charge in [0.15, 0.2) is 0 Å². The summed E-state index contributed by atoms with van der Waals surface area (Å²) >= 11 is 0. The first-order chi connectivity index (χ1) is 7.78. The third-order valence-electron chi connectivity index (χ3n) is 2.65. The number of rotatable bonds is 3. The van der Waals surface area contributed by atoms with Crippen LogP contribution in [0.15, 0.2) is 0 Å². The largest absolute Gasteiger partial charge is 0.444 e. The highest BCUT2D eigenvalue weighted by Crippen LogP contribution is 2.15. The summed E-state index contributed by atoms with van der Waals surface area (Å²) in [5.74, 6) is 0.644. The van der Waals surface area contributed by atoms with Gasteiger partial charge in [0.05, 0.1) is 0 Å². The molecule has 1 rings (SSSR count). The fourth-order valence-corrected chi connectivity index (χ4v) is 1.82. The van der Waals surface area contributed by atoms with Crippen molar-refractivity contribution in [3.8, 4) is 0 Å². The lowest BCUT2D eigenvalue weighted by molar-refractivity contribution is 0.0291. The third-order valence-corrected chi connectivity index (χ3v) is 2.65. The zero-order valence-electron chi connectivity index (χ0n) is 11.7. The fourth-order valence-electron chi connectivity index (χ4n) is 1.82. The Hall–Kier alpha value is -0.770. The van der Waals surface area contributed by atoms with E-state index in [4.69, 9.17) is 4.74 Å². The Labute approximate surface area is 105 Å². The van der Waals surface area contributed by atoms with Gasteiger partial charge in [-0.15, -0.1) is 0 Å². The van der Waals surface area contributed by atoms with E-state index in [1.807, 2.05) is 20.8 Å². The number of amides is 1. The Balaban J connectivity index is 2.32. The van der Waals surface area contributed by atoms with Gasteiger partial charge >= 0.3 is 6.09 Å². The first kappa shape index (κ1) is 14.3. The summed E-state index contributed by atoms with van der Waals surface area (Å²) in [5.41, 5.74) is -0.402. The minimum atomic E-state index is -0.402. The van der Waals surface area contributed by atoms with Crippen molar-refractivity contribution in [1.29, 1.82) is 0 Å². The normalized spacial score (nSPS) is 21.1. The quantitative estimate of drug-likeness (QED) is 0.825. The molecule has 1 fully saturated rings. The summed E-state index contributed by atoms with van der Waals surface area (Å²) in [6.45, 7) is 12.6. The molecule has 0 aliphatic carbocycles. The average molecular weight is 242 g/mol. The van der Waals surface area contributed by atoms with Gasteiger partial charge in [0, 0.05) is 19.1 Å². The predicted octanol–water partition coefficient (Wildman–Crippen LogP) is 2.24. The van der Waals surface area contributed by atoms with Crippen LogP contribution in [0.1, 0.15) is 41.0 Å². The van der Waals surface area contributed by atoms with Gasteiger partial charge in [0.25, 0.3) is 0 Å². The highest BCUT2D eigenvalue weighted by atomic mass is 16.6. The van der Waals surface area contributed by atoms with Gasteiger partial charge in [-0.05, 0) is 39.7 Å². The Bertz CT molecular complexity index is 259. The Kier molecular flexibility index (Phi) is 4.80. The summed E-state index contributed by atoms with van der Waals surface area (Å²) in [7, 11) is 0. The number of likely N-dealkylation sites (tertiary alicyclic amines) is 1. The monoisotopic (exact) mass is 242 g/mol. The van der Waals surface area contributed by atoms with Gasteiger partial charge in [-0.25, -0.2) is 4.79 Å². The van der Waals surface area contributed by atoms with Crippen LogP contribution in [0.25, 0.3) is 0 Å². The van der Waals surface area contributed by atoms with E-state index in [0.717, 1.165) is 26.1 Å². The lowest BCUT2D eigenvalue weighted by atomic mass is 10.2. The van der Waals surface area contributed by atoms with Crippen molar-refractivity contribution in [3.05, 3.63) is 0 Å². The molecular formula is C13H26N2O2. The Morgan fingerprint density at radius 3 is 2.65 bits per heavy atom. The van der Waals surface area contributed by atoms with Crippen LogP contribution >= 0.6 is 0 Å². The molecular weight excluding hydrogens is 216 g/mol. The molecule has 0 spiro atoms. The van der Waals surface area contributed by atoms with Crippen LogP contribution in [-0.2, 0) is 4.74 Å². The highest BCUT2D eigenvalue weighted by Gasteiger charge is 2.29. The Morgan fingerprint density at radius 1 is 1.47 bits per heavy atom. The molecule has 0 radical (unpaired) electrons. The van der Waals surface area contributed by atoms with Crippen molar-refractivity contribution in [2.75, 3.05) is 19.6 Å². The number of nitrogens with one attached hydrogen (secondary N) is 1. The first-order valence-corrected chi connectivity index (χ1v) is 6.49. The SMILES string of the molecule is CC(C)CNC1CCN(C(=O)OC(C)(C)C)C1. The molecule has 1 aliphatic heterocycles. The summed E-state index contributed by atoms with van der Waals surface area (Å²) in [4.78, 5) is 13.6. The van der Waals surface area contributed by atoms with Crippen molar-refractivity contribution in [2.24, 2.45) is 5.92 Å². The van der Waals surface area contributed by atoms with E-state index in [-0.39, 0.29) is 6.09 Å². The van der Waals surface area contributed by atoms with Crippen LogP contribution in [0.2, 0.25) is 0 Å². The summed E-state index contributed by atoms with van der Waals surface area (Å²) < 4.78 is 5.35. The van der Waals surface area contributed by atoms with Crippen LogP contribution < -0.4 is 5.32 Å². The molecule has 0 bridgehead atoms. The van der Waals surface area contributed by atoms with Gasteiger partial charge in [0.2, 0.25) is 0 Å². The third kappa shape index (κ3) is 5.39. The molecule has 1 unspecified atom stereocenters. The van der Waals surface area contributed by atoms with Gasteiger partial charge in [0.1, 0.15) is 5.60 Å². The summed E-state index contributed by atoms with van der Waals surface area (Å²) in [6.07, 6.45) is 0.831. The standard InChI is InChI=1S/C13H26N2O2/c1-10(2)8-14-11-6-7-15(9-11)12(16)17-13(3,4)5/h10-11,14H,6-9H2,1-5H3. The maximum atomic E-state index is 11.8. The predicted molar refractivity (Wildman–Crippen MR) is 69.1 cm³/mol. The number of nitrogens with zero attached hydrogens (tertiary/aromatic N) is 1. The average Bonchev–Trinajstić information content (AvgIpc) is 2.60. The second-order valence-electron chi connectivity index (χ2n) is 6.21. The molecule has 4 nitrogen and oxygen atoms in total. The summed E-state index contributed by atoms with van der Waals surface area (Å²) in [6, 6.07) is 0.421. The second-order valence-corrected chi connectivity index (χ2v) is 6.21. The topological polar surface area (TPSA) is 41.6 Å². The molecule has 1 N–H and O–H groups in total. The van der Waals surface area contributed by atoms with Crippen molar-refractivity contribution < 1.29 is 9.53 Å². The van der Waals surface area contributed by atoms with Crippen LogP contribution in [0.3, 0.4) is 0 Å². The molecule has 1 saturated heterocycles. The molecule has 17 heavy (non-hydrogen) atoms. The van der Waals surface area contributed by atoms with E-state index >= 15 is 0 Å². The minimum absolute atomic E-state index is 0.189. The van der Waals surface area contributed by atoms with E-state index in [2.05, 4.69) is 19.2 Å². The molecule has 0 saturated carbocycles. The van der Waals surface area contributed by atoms with Crippen LogP contribution in [0, 0.1) is 5.92 Å². The molecule has 1 amide bonds. The zero-order chi connectivity index (χ0) is 13.1. The van der Waals surface area contributed by atoms with Gasteiger partial charge in [-0.1, -0.05) is 13.8 Å². The summed E-state index contributed by atoms with van der Waals surface area (Å²) in [5, 5.41) is 3.48. The van der Waals surface area contributed by atoms with Crippen molar-refractivity contribution in [1.82, 2.24) is 10.2 Å². The highest BCUT2D eigenvalue weighted by molar-refractivity contribution is 5.68. The molecule has 1 aliphatic rings. The number of hydrogen-bond donors (Lipinski definition) is 1. The number of carbonyl (C=O) groups excluding carboxylic acids is 1. The van der Waals surface area contributed by atoms with E-state index < -0.39 is 5.60 Å². The van der Waals surface area contributed by atoms with E-state index in [1.165, 1.54) is 0 Å². The molecule has 1 heterocycles. The van der Waals surface area contributed by atoms with Crippen molar-refractivity contribution in [2.45, 2.75) is 52.7 Å². The molecule has 1 atom stereocenters. The van der Waals surface area contributed by atoms with Gasteiger partial charge in [-0.2, -0.15) is 0 Å². The van der Waals surface area contributed by atoms with Crippen molar-refractivity contribution >= 4 is 6.09 Å². The maximum Gasteiger partial charge on any atom is 0.410 e. The lowest BCUT2D eigenvalue weighted by Crippen LogP contribution is -2.39. The molecule has 100 valence electrons. The van der Waals surface area contributed by atoms with E-state index in [9.17, 15) is 4.79 Å². The van der Waals surface area contributed by atoms with Gasteiger partial charge in [-0.3, -0.25) is 0 Å². The van der Waals surface area contributed by atoms with Crippen molar-refractivity contribution in [3.63, 3.8) is 0 Å². The smallest absolute Gasteiger partial charge is 0.410 e. The Morgan fingerprint density at radius 2 is 2.12 bits per heavy atom. The van der Waals surface area contributed by atoms with Crippen LogP contribution in [0.4, 0.5) is 4.79 Å². The van der Waals surface area contributed by atoms with Crippen LogP contribution in [-0.4, -0.2) is 42.3 Å². The van der Waals surface area contributed by atoms with E-state index in [1.54, 1.807) is 4.90 Å². The zero-order valence-corrected chi connectivity index (χ0v) is 11.7. The lowest BCUT2D eigenvalue weighted by Gasteiger charge is -2.24. The number of hydrogen-bond acceptors (Lipinski definition) is 3. The second kappa shape index (κ2) is 5.71. The number of ether oxygens (including phenoxy) is 1. The minimum Gasteiger partial charge on any atom is -0.444 e. The molecule has 0 aromatic heterocycles. The maximum absolute atomic E-state index is 11.8. The molecule has 0 aromatic rings. The molecule has 0 aromatic carbocycles. The van der Waals surface area contributed by atoms with E-state index in [0.29, 0.717) is 12.0 Å². The fraction of sp³-hybridized carbons (Fsp3) is 0.923. The number of carbonyl (C=O) groups is 1. The molecule has 4 heteroatoms. The van der Waals surface area contributed by atoms with Gasteiger partial charge < -0.3 is 15.0 Å². The van der Waals surface area contributed by atoms with Crippen LogP contribution in [0.5, 0.6) is 0 Å². The first-order valence-electron chi connectivity index (χ1n) is 6.49.